The molecule has 0 atom stereocenters. The lowest BCUT2D eigenvalue weighted by atomic mass is 10.1. The topological polar surface area (TPSA) is 55.8 Å². The minimum Gasteiger partial charge on any atom is -0.266 e. The zero-order valence-corrected chi connectivity index (χ0v) is 12.4. The molecule has 0 spiro atoms. The van der Waals surface area contributed by atoms with E-state index in [0.717, 1.165) is 5.56 Å². The Kier molecular flexibility index (Phi) is 4.82. The van der Waals surface area contributed by atoms with Gasteiger partial charge in [-0.25, -0.2) is 0 Å². The van der Waals surface area contributed by atoms with Crippen molar-refractivity contribution < 1.29 is 9.69 Å². The van der Waals surface area contributed by atoms with Crippen LogP contribution in [0, 0.1) is 6.92 Å². The molecule has 0 aliphatic rings. The van der Waals surface area contributed by atoms with E-state index in [4.69, 9.17) is 0 Å². The monoisotopic (exact) mass is 270 g/mol. The molecule has 2 N–H and O–H groups in total. The van der Waals surface area contributed by atoms with Crippen molar-refractivity contribution in [3.05, 3.63) is 35.4 Å². The molecular formula is C12H21N3O2P+. The van der Waals surface area contributed by atoms with E-state index in [-0.39, 0.29) is 5.91 Å². The molecule has 0 fully saturated rings. The van der Waals surface area contributed by atoms with Gasteiger partial charge in [-0.15, -0.1) is 9.34 Å². The number of nitrogens with one attached hydrogen (secondary N) is 1. The van der Waals surface area contributed by atoms with E-state index < -0.39 is 7.94 Å². The Morgan fingerprint density at radius 1 is 1.11 bits per heavy atom. The van der Waals surface area contributed by atoms with Gasteiger partial charge in [-0.2, -0.15) is 9.98 Å². The number of benzene rings is 1. The molecule has 6 heteroatoms. The van der Waals surface area contributed by atoms with E-state index in [1.807, 2.05) is 19.1 Å². The highest BCUT2D eigenvalue weighted by Crippen LogP contribution is 2.53. The fraction of sp³-hybridized carbons (Fsp3) is 0.417. The van der Waals surface area contributed by atoms with E-state index in [1.54, 1.807) is 49.7 Å². The number of carbonyl (C=O) groups is 1. The van der Waals surface area contributed by atoms with Gasteiger partial charge in [0.1, 0.15) is 0 Å². The molecule has 100 valence electrons. The molecule has 1 aromatic carbocycles. The molecule has 18 heavy (non-hydrogen) atoms. The first kappa shape index (κ1) is 15.1. The summed E-state index contributed by atoms with van der Waals surface area (Å²) < 4.78 is 3.28. The minimum absolute atomic E-state index is 0.270. The van der Waals surface area contributed by atoms with Gasteiger partial charge >= 0.3 is 7.94 Å². The molecule has 0 aromatic heterocycles. The highest BCUT2D eigenvalue weighted by Gasteiger charge is 2.45. The number of rotatable bonds is 4. The van der Waals surface area contributed by atoms with Crippen molar-refractivity contribution in [3.8, 4) is 0 Å². The highest BCUT2D eigenvalue weighted by molar-refractivity contribution is 7.64. The molecule has 0 bridgehead atoms. The largest absolute Gasteiger partial charge is 0.392 e. The fourth-order valence-electron chi connectivity index (χ4n) is 1.46. The molecule has 1 amide bonds. The van der Waals surface area contributed by atoms with Gasteiger partial charge in [0.2, 0.25) is 0 Å². The summed E-state index contributed by atoms with van der Waals surface area (Å²) in [5.74, 6) is -0.270. The van der Waals surface area contributed by atoms with Gasteiger partial charge in [-0.05, 0) is 19.1 Å². The lowest BCUT2D eigenvalue weighted by Crippen LogP contribution is -2.39. The van der Waals surface area contributed by atoms with Crippen molar-refractivity contribution >= 4 is 13.8 Å². The van der Waals surface area contributed by atoms with Crippen molar-refractivity contribution in [2.45, 2.75) is 6.92 Å². The van der Waals surface area contributed by atoms with Crippen molar-refractivity contribution in [2.24, 2.45) is 0 Å². The van der Waals surface area contributed by atoms with Gasteiger partial charge in [-0.1, -0.05) is 17.7 Å². The average Bonchev–Trinajstić information content (AvgIpc) is 2.29. The van der Waals surface area contributed by atoms with Crippen LogP contribution in [0.2, 0.25) is 0 Å². The summed E-state index contributed by atoms with van der Waals surface area (Å²) in [6.45, 7) is 1.96. The van der Waals surface area contributed by atoms with Gasteiger partial charge in [0.15, 0.2) is 0 Å². The van der Waals surface area contributed by atoms with Gasteiger partial charge < -0.3 is 0 Å². The van der Waals surface area contributed by atoms with Crippen LogP contribution in [0.5, 0.6) is 0 Å². The molecule has 1 aromatic rings. The first-order valence-corrected chi connectivity index (χ1v) is 7.29. The fourth-order valence-corrected chi connectivity index (χ4v) is 2.98. The van der Waals surface area contributed by atoms with Crippen LogP contribution >= 0.6 is 7.94 Å². The number of carbonyl (C=O) groups excluding carboxylic acids is 1. The maximum Gasteiger partial charge on any atom is 0.392 e. The molecule has 0 saturated heterocycles. The van der Waals surface area contributed by atoms with Crippen LogP contribution < -0.4 is 5.09 Å². The molecule has 5 nitrogen and oxygen atoms in total. The molecule has 0 aliphatic carbocycles. The third kappa shape index (κ3) is 3.27. The normalized spacial score (nSPS) is 12.0. The van der Waals surface area contributed by atoms with Crippen LogP contribution in [0.15, 0.2) is 24.3 Å². The Balaban J connectivity index is 2.89. The van der Waals surface area contributed by atoms with Crippen molar-refractivity contribution in [3.63, 3.8) is 0 Å². The second-order valence-electron chi connectivity index (χ2n) is 4.57. The van der Waals surface area contributed by atoms with E-state index in [1.165, 1.54) is 0 Å². The quantitative estimate of drug-likeness (QED) is 0.814. The number of amides is 1. The molecular weight excluding hydrogens is 249 g/mol. The molecule has 0 aliphatic heterocycles. The second kappa shape index (κ2) is 5.76. The Hall–Kier alpha value is -1.00. The van der Waals surface area contributed by atoms with Crippen LogP contribution in [-0.4, -0.2) is 48.3 Å². The minimum atomic E-state index is -2.78. The first-order valence-electron chi connectivity index (χ1n) is 5.64. The van der Waals surface area contributed by atoms with Crippen LogP contribution in [0.4, 0.5) is 0 Å². The third-order valence-corrected chi connectivity index (χ3v) is 5.42. The summed E-state index contributed by atoms with van der Waals surface area (Å²) in [6, 6.07) is 7.25. The summed E-state index contributed by atoms with van der Waals surface area (Å²) in [4.78, 5) is 22.6. The van der Waals surface area contributed by atoms with E-state index in [0.29, 0.717) is 5.56 Å². The zero-order valence-electron chi connectivity index (χ0n) is 11.5. The van der Waals surface area contributed by atoms with Gasteiger partial charge in [0.25, 0.3) is 5.91 Å². The third-order valence-electron chi connectivity index (χ3n) is 2.68. The Morgan fingerprint density at radius 3 is 1.94 bits per heavy atom. The summed E-state index contributed by atoms with van der Waals surface area (Å²) in [7, 11) is 4.18. The van der Waals surface area contributed by atoms with Crippen molar-refractivity contribution in [1.29, 1.82) is 0 Å². The maximum absolute atomic E-state index is 12.1. The smallest absolute Gasteiger partial charge is 0.266 e. The molecule has 0 heterocycles. The summed E-state index contributed by atoms with van der Waals surface area (Å²) in [5, 5.41) is 2.71. The molecule has 0 unspecified atom stereocenters. The summed E-state index contributed by atoms with van der Waals surface area (Å²) >= 11 is 0. The summed E-state index contributed by atoms with van der Waals surface area (Å²) in [5.41, 5.74) is 1.64. The number of hydrogen-bond donors (Lipinski definition) is 2. The lowest BCUT2D eigenvalue weighted by Gasteiger charge is -2.28. The van der Waals surface area contributed by atoms with Crippen LogP contribution in [0.25, 0.3) is 0 Å². The van der Waals surface area contributed by atoms with Crippen LogP contribution in [0.3, 0.4) is 0 Å². The first-order chi connectivity index (χ1) is 8.27. The Labute approximate surface area is 109 Å². The Bertz CT molecular complexity index is 410. The average molecular weight is 270 g/mol. The molecule has 1 rings (SSSR count). The lowest BCUT2D eigenvalue weighted by molar-refractivity contribution is 0.0972. The zero-order chi connectivity index (χ0) is 13.9. The van der Waals surface area contributed by atoms with Crippen molar-refractivity contribution in [1.82, 2.24) is 14.4 Å². The van der Waals surface area contributed by atoms with E-state index in [2.05, 4.69) is 5.09 Å². The van der Waals surface area contributed by atoms with Gasteiger partial charge in [0.05, 0.1) is 0 Å². The van der Waals surface area contributed by atoms with Gasteiger partial charge in [-0.3, -0.25) is 4.79 Å². The van der Waals surface area contributed by atoms with Gasteiger partial charge in [0, 0.05) is 33.8 Å². The van der Waals surface area contributed by atoms with Crippen LogP contribution in [-0.2, 0) is 0 Å². The molecule has 0 radical (unpaired) electrons. The number of nitrogens with zero attached hydrogens (tertiary/aromatic N) is 2. The maximum atomic E-state index is 12.1. The van der Waals surface area contributed by atoms with E-state index in [9.17, 15) is 9.69 Å². The van der Waals surface area contributed by atoms with Crippen molar-refractivity contribution in [2.75, 3.05) is 28.2 Å². The second-order valence-corrected chi connectivity index (χ2v) is 7.53. The SMILES string of the molecule is Cc1ccc(C(=O)N[P+](O)(N(C)C)N(C)C)cc1. The summed E-state index contributed by atoms with van der Waals surface area (Å²) in [6.07, 6.45) is 0. The predicted molar refractivity (Wildman–Crippen MR) is 75.2 cm³/mol. The van der Waals surface area contributed by atoms with Crippen LogP contribution in [0.1, 0.15) is 15.9 Å². The highest BCUT2D eigenvalue weighted by atomic mass is 31.2. The predicted octanol–water partition coefficient (Wildman–Crippen LogP) is 1.52. The standard InChI is InChI=1S/C12H20N3O2P/c1-10-6-8-11(9-7-10)12(16)13-18(17,14(2)3)15(4)5/h6-9,17H,1-5H3/p+1. The number of hydrogen-bond acceptors (Lipinski definition) is 4. The molecule has 0 saturated carbocycles. The van der Waals surface area contributed by atoms with E-state index >= 15 is 0 Å². The Morgan fingerprint density at radius 2 is 1.56 bits per heavy atom. The number of aryl methyl sites for hydroxylation is 1.